The van der Waals surface area contributed by atoms with E-state index in [-0.39, 0.29) is 0 Å². The van der Waals surface area contributed by atoms with Gasteiger partial charge in [-0.3, -0.25) is 0 Å². The highest BCUT2D eigenvalue weighted by atomic mass is 16.5. The van der Waals surface area contributed by atoms with Gasteiger partial charge in [0.05, 0.1) is 13.2 Å². The third-order valence-electron chi connectivity index (χ3n) is 2.32. The lowest BCUT2D eigenvalue weighted by molar-refractivity contribution is 0.0710. The maximum atomic E-state index is 5.35. The van der Waals surface area contributed by atoms with E-state index in [4.69, 9.17) is 4.74 Å². The van der Waals surface area contributed by atoms with Crippen LogP contribution in [0.2, 0.25) is 0 Å². The molecule has 1 unspecified atom stereocenters. The quantitative estimate of drug-likeness (QED) is 0.578. The summed E-state index contributed by atoms with van der Waals surface area (Å²) in [7, 11) is 0. The molecule has 12 heavy (non-hydrogen) atoms. The van der Waals surface area contributed by atoms with Gasteiger partial charge in [0.25, 0.3) is 0 Å². The van der Waals surface area contributed by atoms with E-state index in [2.05, 4.69) is 12.2 Å². The molecule has 1 saturated heterocycles. The SMILES string of the molecule is CCCCCCC1COCC[N]1. The molecule has 1 aliphatic rings. The maximum absolute atomic E-state index is 5.35. The first-order chi connectivity index (χ1) is 5.93. The molecule has 2 nitrogen and oxygen atoms in total. The van der Waals surface area contributed by atoms with Crippen molar-refractivity contribution in [3.63, 3.8) is 0 Å². The van der Waals surface area contributed by atoms with Crippen LogP contribution in [-0.4, -0.2) is 25.8 Å². The number of unbranched alkanes of at least 4 members (excludes halogenated alkanes) is 3. The summed E-state index contributed by atoms with van der Waals surface area (Å²) in [5, 5.41) is 4.50. The Balaban J connectivity index is 1.91. The molecule has 1 aliphatic heterocycles. The van der Waals surface area contributed by atoms with Gasteiger partial charge >= 0.3 is 0 Å². The summed E-state index contributed by atoms with van der Waals surface area (Å²) >= 11 is 0. The lowest BCUT2D eigenvalue weighted by Gasteiger charge is -2.21. The molecular formula is C10H20NO. The standard InChI is InChI=1S/C10H20NO/c1-2-3-4-5-6-10-9-12-8-7-11-10/h10H,2-9H2,1H3. The number of rotatable bonds is 5. The van der Waals surface area contributed by atoms with E-state index in [0.29, 0.717) is 6.04 Å². The molecule has 0 amide bonds. The molecule has 0 saturated carbocycles. The van der Waals surface area contributed by atoms with E-state index in [1.165, 1.54) is 32.1 Å². The summed E-state index contributed by atoms with van der Waals surface area (Å²) < 4.78 is 5.35. The summed E-state index contributed by atoms with van der Waals surface area (Å²) in [5.74, 6) is 0. The summed E-state index contributed by atoms with van der Waals surface area (Å²) in [6, 6.07) is 0.510. The lowest BCUT2D eigenvalue weighted by Crippen LogP contribution is -2.35. The summed E-state index contributed by atoms with van der Waals surface area (Å²) in [6.07, 6.45) is 6.61. The first-order valence-electron chi connectivity index (χ1n) is 5.18. The van der Waals surface area contributed by atoms with E-state index in [0.717, 1.165) is 19.8 Å². The van der Waals surface area contributed by atoms with Crippen molar-refractivity contribution in [3.8, 4) is 0 Å². The monoisotopic (exact) mass is 170 g/mol. The summed E-state index contributed by atoms with van der Waals surface area (Å²) in [5.41, 5.74) is 0. The van der Waals surface area contributed by atoms with Crippen LogP contribution in [0, 0.1) is 0 Å². The third-order valence-corrected chi connectivity index (χ3v) is 2.32. The van der Waals surface area contributed by atoms with E-state index >= 15 is 0 Å². The van der Waals surface area contributed by atoms with Crippen molar-refractivity contribution < 1.29 is 4.74 Å². The molecule has 1 atom stereocenters. The van der Waals surface area contributed by atoms with Gasteiger partial charge in [-0.25, -0.2) is 5.32 Å². The van der Waals surface area contributed by atoms with Gasteiger partial charge in [-0.2, -0.15) is 0 Å². The zero-order valence-electron chi connectivity index (χ0n) is 8.09. The van der Waals surface area contributed by atoms with Crippen LogP contribution < -0.4 is 5.32 Å². The Labute approximate surface area is 75.7 Å². The van der Waals surface area contributed by atoms with Gasteiger partial charge < -0.3 is 4.74 Å². The minimum absolute atomic E-state index is 0.510. The van der Waals surface area contributed by atoms with E-state index < -0.39 is 0 Å². The highest BCUT2D eigenvalue weighted by Gasteiger charge is 2.12. The van der Waals surface area contributed by atoms with Gasteiger partial charge in [-0.05, 0) is 6.42 Å². The van der Waals surface area contributed by atoms with Crippen LogP contribution in [0.4, 0.5) is 0 Å². The fourth-order valence-electron chi connectivity index (χ4n) is 1.55. The van der Waals surface area contributed by atoms with E-state index in [1.807, 2.05) is 0 Å². The topological polar surface area (TPSA) is 23.3 Å². The van der Waals surface area contributed by atoms with Crippen LogP contribution in [0.1, 0.15) is 39.0 Å². The fraction of sp³-hybridized carbons (Fsp3) is 1.00. The van der Waals surface area contributed by atoms with Crippen LogP contribution in [0.15, 0.2) is 0 Å². The molecule has 0 spiro atoms. The van der Waals surface area contributed by atoms with Gasteiger partial charge in [-0.1, -0.05) is 32.6 Å². The highest BCUT2D eigenvalue weighted by molar-refractivity contribution is 4.68. The molecule has 0 aromatic carbocycles. The number of hydrogen-bond acceptors (Lipinski definition) is 1. The van der Waals surface area contributed by atoms with Crippen LogP contribution in [0.5, 0.6) is 0 Å². The van der Waals surface area contributed by atoms with Crippen molar-refractivity contribution >= 4 is 0 Å². The Bertz CT molecular complexity index is 100. The van der Waals surface area contributed by atoms with Crippen LogP contribution in [0.3, 0.4) is 0 Å². The molecule has 0 aromatic heterocycles. The molecule has 1 fully saturated rings. The molecule has 0 bridgehead atoms. The van der Waals surface area contributed by atoms with Gasteiger partial charge in [0, 0.05) is 12.6 Å². The normalized spacial score (nSPS) is 24.2. The number of hydrogen-bond donors (Lipinski definition) is 0. The number of nitrogens with zero attached hydrogens (tertiary/aromatic N) is 1. The molecule has 1 rings (SSSR count). The van der Waals surface area contributed by atoms with Crippen molar-refractivity contribution in [2.75, 3.05) is 19.8 Å². The van der Waals surface area contributed by atoms with Crippen molar-refractivity contribution in [3.05, 3.63) is 0 Å². The van der Waals surface area contributed by atoms with Crippen molar-refractivity contribution in [1.82, 2.24) is 5.32 Å². The highest BCUT2D eigenvalue weighted by Crippen LogP contribution is 2.08. The lowest BCUT2D eigenvalue weighted by atomic mass is 10.1. The van der Waals surface area contributed by atoms with Gasteiger partial charge in [0.15, 0.2) is 0 Å². The van der Waals surface area contributed by atoms with Crippen LogP contribution in [0.25, 0.3) is 0 Å². The molecule has 0 aliphatic carbocycles. The molecule has 71 valence electrons. The average molecular weight is 170 g/mol. The van der Waals surface area contributed by atoms with Gasteiger partial charge in [0.1, 0.15) is 0 Å². The number of ether oxygens (including phenoxy) is 1. The van der Waals surface area contributed by atoms with Crippen LogP contribution in [-0.2, 0) is 4.74 Å². The van der Waals surface area contributed by atoms with Crippen molar-refractivity contribution in [1.29, 1.82) is 0 Å². The Hall–Kier alpha value is -0.0800. The predicted molar refractivity (Wildman–Crippen MR) is 50.4 cm³/mol. The zero-order chi connectivity index (χ0) is 8.65. The largest absolute Gasteiger partial charge is 0.378 e. The maximum Gasteiger partial charge on any atom is 0.0636 e. The Kier molecular flexibility index (Phi) is 5.37. The Morgan fingerprint density at radius 1 is 1.33 bits per heavy atom. The second-order valence-corrected chi connectivity index (χ2v) is 3.48. The Morgan fingerprint density at radius 3 is 2.92 bits per heavy atom. The molecule has 0 aromatic rings. The van der Waals surface area contributed by atoms with Crippen LogP contribution >= 0.6 is 0 Å². The van der Waals surface area contributed by atoms with Crippen molar-refractivity contribution in [2.45, 2.75) is 45.1 Å². The first kappa shape index (κ1) is 10.0. The van der Waals surface area contributed by atoms with E-state index in [1.54, 1.807) is 0 Å². The third kappa shape index (κ3) is 4.07. The van der Waals surface area contributed by atoms with Gasteiger partial charge in [0.2, 0.25) is 0 Å². The van der Waals surface area contributed by atoms with E-state index in [9.17, 15) is 0 Å². The summed E-state index contributed by atoms with van der Waals surface area (Å²) in [6.45, 7) is 4.87. The predicted octanol–water partition coefficient (Wildman–Crippen LogP) is 1.96. The smallest absolute Gasteiger partial charge is 0.0636 e. The molecule has 2 heteroatoms. The second kappa shape index (κ2) is 6.44. The number of morpholine rings is 1. The van der Waals surface area contributed by atoms with Gasteiger partial charge in [-0.15, -0.1) is 0 Å². The fourth-order valence-corrected chi connectivity index (χ4v) is 1.55. The molecule has 1 heterocycles. The molecular weight excluding hydrogens is 150 g/mol. The average Bonchev–Trinajstić information content (AvgIpc) is 2.14. The molecule has 1 radical (unpaired) electrons. The second-order valence-electron chi connectivity index (χ2n) is 3.48. The minimum atomic E-state index is 0.510. The summed E-state index contributed by atoms with van der Waals surface area (Å²) in [4.78, 5) is 0. The van der Waals surface area contributed by atoms with Crippen molar-refractivity contribution in [2.24, 2.45) is 0 Å². The molecule has 0 N–H and O–H groups in total. The minimum Gasteiger partial charge on any atom is -0.378 e. The Morgan fingerprint density at radius 2 is 2.25 bits per heavy atom. The first-order valence-corrected chi connectivity index (χ1v) is 5.18. The zero-order valence-corrected chi connectivity index (χ0v) is 8.09.